The van der Waals surface area contributed by atoms with E-state index in [1.54, 1.807) is 6.07 Å². The first-order chi connectivity index (χ1) is 7.55. The molecule has 88 valence electrons. The van der Waals surface area contributed by atoms with Crippen LogP contribution in [0.25, 0.3) is 0 Å². The Morgan fingerprint density at radius 1 is 1.31 bits per heavy atom. The highest BCUT2D eigenvalue weighted by Gasteiger charge is 2.43. The number of halogens is 2. The highest BCUT2D eigenvalue weighted by atomic mass is 19.3. The van der Waals surface area contributed by atoms with E-state index >= 15 is 0 Å². The van der Waals surface area contributed by atoms with Crippen LogP contribution in [0.4, 0.5) is 8.78 Å². The second kappa shape index (κ2) is 3.90. The Hall–Kier alpha value is -1.36. The van der Waals surface area contributed by atoms with E-state index in [2.05, 4.69) is 9.47 Å². The third-order valence-corrected chi connectivity index (χ3v) is 2.61. The average Bonchev–Trinajstić information content (AvgIpc) is 2.53. The van der Waals surface area contributed by atoms with Gasteiger partial charge in [-0.25, -0.2) is 0 Å². The van der Waals surface area contributed by atoms with E-state index in [0.717, 1.165) is 12.0 Å². The first-order valence-corrected chi connectivity index (χ1v) is 5.06. The molecule has 0 amide bonds. The van der Waals surface area contributed by atoms with Gasteiger partial charge < -0.3 is 14.6 Å². The summed E-state index contributed by atoms with van der Waals surface area (Å²) >= 11 is 0. The van der Waals surface area contributed by atoms with Crippen molar-refractivity contribution < 1.29 is 23.4 Å². The molecule has 0 bridgehead atoms. The van der Waals surface area contributed by atoms with Crippen molar-refractivity contribution in [3.8, 4) is 11.5 Å². The van der Waals surface area contributed by atoms with Gasteiger partial charge in [-0.05, 0) is 24.1 Å². The molecule has 1 aromatic rings. The van der Waals surface area contributed by atoms with Crippen molar-refractivity contribution in [2.45, 2.75) is 25.6 Å². The predicted octanol–water partition coefficient (Wildman–Crippen LogP) is 2.49. The molecule has 5 heteroatoms. The van der Waals surface area contributed by atoms with Crippen LogP contribution in [0.15, 0.2) is 18.2 Å². The highest BCUT2D eigenvalue weighted by molar-refractivity contribution is 5.46. The molecule has 0 aliphatic carbocycles. The number of hydrogen-bond acceptors (Lipinski definition) is 3. The van der Waals surface area contributed by atoms with Crippen molar-refractivity contribution >= 4 is 0 Å². The molecule has 1 heterocycles. The van der Waals surface area contributed by atoms with Gasteiger partial charge in [0.15, 0.2) is 11.5 Å². The third kappa shape index (κ3) is 1.95. The minimum Gasteiger partial charge on any atom is -0.396 e. The van der Waals surface area contributed by atoms with Gasteiger partial charge in [0.05, 0.1) is 0 Å². The summed E-state index contributed by atoms with van der Waals surface area (Å²) in [4.78, 5) is 0. The van der Waals surface area contributed by atoms with E-state index in [4.69, 9.17) is 5.11 Å². The molecule has 0 saturated heterocycles. The zero-order valence-corrected chi connectivity index (χ0v) is 8.74. The van der Waals surface area contributed by atoms with Gasteiger partial charge in [-0.15, -0.1) is 8.78 Å². The number of benzene rings is 1. The molecule has 0 fully saturated rings. The molecular weight excluding hydrogens is 218 g/mol. The van der Waals surface area contributed by atoms with Gasteiger partial charge in [-0.1, -0.05) is 13.0 Å². The lowest BCUT2D eigenvalue weighted by molar-refractivity contribution is -0.286. The standard InChI is InChI=1S/C11H12F2O3/c1-2-7(6-14)8-3-4-9-10(5-8)16-11(12,13)15-9/h3-5,7,14H,2,6H2,1H3. The maximum absolute atomic E-state index is 12.7. The number of hydrogen-bond donors (Lipinski definition) is 1. The first kappa shape index (κ1) is 11.1. The molecule has 0 aromatic heterocycles. The molecule has 1 aromatic carbocycles. The van der Waals surface area contributed by atoms with Crippen LogP contribution in [0.3, 0.4) is 0 Å². The van der Waals surface area contributed by atoms with Crippen LogP contribution >= 0.6 is 0 Å². The number of fused-ring (bicyclic) bond motifs is 1. The van der Waals surface area contributed by atoms with Crippen molar-refractivity contribution in [3.63, 3.8) is 0 Å². The predicted molar refractivity (Wildman–Crippen MR) is 52.8 cm³/mol. The van der Waals surface area contributed by atoms with E-state index in [9.17, 15) is 8.78 Å². The van der Waals surface area contributed by atoms with Crippen LogP contribution in [-0.2, 0) is 0 Å². The molecule has 0 saturated carbocycles. The molecule has 1 N–H and O–H groups in total. The van der Waals surface area contributed by atoms with E-state index in [-0.39, 0.29) is 24.0 Å². The van der Waals surface area contributed by atoms with Crippen LogP contribution in [0.2, 0.25) is 0 Å². The van der Waals surface area contributed by atoms with Gasteiger partial charge >= 0.3 is 6.29 Å². The van der Waals surface area contributed by atoms with Gasteiger partial charge in [-0.2, -0.15) is 0 Å². The normalized spacial score (nSPS) is 18.5. The zero-order chi connectivity index (χ0) is 11.8. The van der Waals surface area contributed by atoms with Gasteiger partial charge in [0.25, 0.3) is 0 Å². The van der Waals surface area contributed by atoms with Crippen molar-refractivity contribution in [1.29, 1.82) is 0 Å². The van der Waals surface area contributed by atoms with Crippen LogP contribution < -0.4 is 9.47 Å². The molecule has 1 aliphatic heterocycles. The minimum atomic E-state index is -3.58. The lowest BCUT2D eigenvalue weighted by Crippen LogP contribution is -2.25. The van der Waals surface area contributed by atoms with Crippen LogP contribution in [0, 0.1) is 0 Å². The summed E-state index contributed by atoms with van der Waals surface area (Å²) in [7, 11) is 0. The topological polar surface area (TPSA) is 38.7 Å². The second-order valence-electron chi connectivity index (χ2n) is 3.66. The van der Waals surface area contributed by atoms with Gasteiger partial charge in [0.2, 0.25) is 0 Å². The third-order valence-electron chi connectivity index (χ3n) is 2.61. The summed E-state index contributed by atoms with van der Waals surface area (Å²) in [6.45, 7) is 1.90. The largest absolute Gasteiger partial charge is 0.586 e. The highest BCUT2D eigenvalue weighted by Crippen LogP contribution is 2.42. The number of aliphatic hydroxyl groups excluding tert-OH is 1. The second-order valence-corrected chi connectivity index (χ2v) is 3.66. The SMILES string of the molecule is CCC(CO)c1ccc2c(c1)OC(F)(F)O2. The summed E-state index contributed by atoms with van der Waals surface area (Å²) in [5, 5.41) is 9.11. The van der Waals surface area contributed by atoms with E-state index < -0.39 is 6.29 Å². The summed E-state index contributed by atoms with van der Waals surface area (Å²) < 4.78 is 34.1. The smallest absolute Gasteiger partial charge is 0.396 e. The Labute approximate surface area is 91.6 Å². The lowest BCUT2D eigenvalue weighted by Gasteiger charge is -2.11. The van der Waals surface area contributed by atoms with Gasteiger partial charge in [0.1, 0.15) is 0 Å². The summed E-state index contributed by atoms with van der Waals surface area (Å²) in [5.41, 5.74) is 0.769. The van der Waals surface area contributed by atoms with Gasteiger partial charge in [-0.3, -0.25) is 0 Å². The summed E-state index contributed by atoms with van der Waals surface area (Å²) in [6.07, 6.45) is -2.85. The van der Waals surface area contributed by atoms with Crippen molar-refractivity contribution in [1.82, 2.24) is 0 Å². The summed E-state index contributed by atoms with van der Waals surface area (Å²) in [5.74, 6) is -0.0148. The van der Waals surface area contributed by atoms with Gasteiger partial charge in [0, 0.05) is 12.5 Å². The fourth-order valence-electron chi connectivity index (χ4n) is 1.69. The molecule has 2 rings (SSSR count). The Kier molecular flexibility index (Phi) is 2.71. The molecule has 16 heavy (non-hydrogen) atoms. The monoisotopic (exact) mass is 230 g/mol. The van der Waals surface area contributed by atoms with Crippen LogP contribution in [-0.4, -0.2) is 18.0 Å². The van der Waals surface area contributed by atoms with E-state index in [0.29, 0.717) is 0 Å². The fraction of sp³-hybridized carbons (Fsp3) is 0.455. The lowest BCUT2D eigenvalue weighted by atomic mass is 9.97. The minimum absolute atomic E-state index is 0.0213. The maximum Gasteiger partial charge on any atom is 0.586 e. The first-order valence-electron chi connectivity index (χ1n) is 5.06. The van der Waals surface area contributed by atoms with E-state index in [1.165, 1.54) is 12.1 Å². The van der Waals surface area contributed by atoms with Crippen molar-refractivity contribution in [3.05, 3.63) is 23.8 Å². The number of rotatable bonds is 3. The molecule has 1 unspecified atom stereocenters. The number of ether oxygens (including phenoxy) is 2. The number of alkyl halides is 2. The van der Waals surface area contributed by atoms with Crippen molar-refractivity contribution in [2.24, 2.45) is 0 Å². The number of aliphatic hydroxyl groups is 1. The Morgan fingerprint density at radius 3 is 2.62 bits per heavy atom. The Bertz CT molecular complexity index is 389. The molecular formula is C11H12F2O3. The van der Waals surface area contributed by atoms with Crippen LogP contribution in [0.1, 0.15) is 24.8 Å². The van der Waals surface area contributed by atoms with Crippen molar-refractivity contribution in [2.75, 3.05) is 6.61 Å². The molecule has 3 nitrogen and oxygen atoms in total. The molecule has 1 atom stereocenters. The summed E-state index contributed by atoms with van der Waals surface area (Å²) in [6, 6.07) is 4.58. The maximum atomic E-state index is 12.7. The Morgan fingerprint density at radius 2 is 2.00 bits per heavy atom. The fourth-order valence-corrected chi connectivity index (χ4v) is 1.69. The molecule has 0 radical (unpaired) electrons. The van der Waals surface area contributed by atoms with E-state index in [1.807, 2.05) is 6.92 Å². The van der Waals surface area contributed by atoms with Crippen LogP contribution in [0.5, 0.6) is 11.5 Å². The quantitative estimate of drug-likeness (QED) is 0.867. The zero-order valence-electron chi connectivity index (χ0n) is 8.74. The molecule has 1 aliphatic rings. The average molecular weight is 230 g/mol. The Balaban J connectivity index is 2.28. The molecule has 0 spiro atoms.